The van der Waals surface area contributed by atoms with E-state index >= 15 is 0 Å². The van der Waals surface area contributed by atoms with Gasteiger partial charge in [0, 0.05) is 35.9 Å². The number of nitrogens with one attached hydrogen (secondary N) is 2. The number of amides is 1. The van der Waals surface area contributed by atoms with Gasteiger partial charge in [-0.2, -0.15) is 0 Å². The van der Waals surface area contributed by atoms with Crippen molar-refractivity contribution >= 4 is 17.2 Å². The van der Waals surface area contributed by atoms with E-state index in [-0.39, 0.29) is 18.0 Å². The third kappa shape index (κ3) is 3.59. The van der Waals surface area contributed by atoms with E-state index in [1.54, 1.807) is 11.3 Å². The fourth-order valence-corrected chi connectivity index (χ4v) is 3.75. The minimum Gasteiger partial charge on any atom is -0.348 e. The molecule has 0 bridgehead atoms. The van der Waals surface area contributed by atoms with Gasteiger partial charge in [0.1, 0.15) is 0 Å². The van der Waals surface area contributed by atoms with Crippen LogP contribution in [0.2, 0.25) is 0 Å². The molecule has 1 saturated heterocycles. The van der Waals surface area contributed by atoms with Crippen molar-refractivity contribution in [2.24, 2.45) is 0 Å². The largest absolute Gasteiger partial charge is 0.348 e. The van der Waals surface area contributed by atoms with E-state index in [2.05, 4.69) is 42.4 Å². The summed E-state index contributed by atoms with van der Waals surface area (Å²) in [7, 11) is 0. The predicted molar refractivity (Wildman–Crippen MR) is 84.3 cm³/mol. The molecule has 0 spiro atoms. The SMILES string of the molecule is Cc1cc(C(C)NC(=O)C(C)N2CCNCC2)c(C)s1. The Bertz CT molecular complexity index is 466. The molecule has 1 aromatic rings. The number of hydrogen-bond donors (Lipinski definition) is 2. The van der Waals surface area contributed by atoms with E-state index in [1.807, 2.05) is 6.92 Å². The van der Waals surface area contributed by atoms with Crippen LogP contribution < -0.4 is 10.6 Å². The number of piperazine rings is 1. The first kappa shape index (κ1) is 15.5. The molecule has 1 aliphatic heterocycles. The lowest BCUT2D eigenvalue weighted by atomic mass is 10.1. The Balaban J connectivity index is 1.94. The summed E-state index contributed by atoms with van der Waals surface area (Å²) in [6.45, 7) is 12.1. The molecule has 2 N–H and O–H groups in total. The number of carbonyl (C=O) groups is 1. The molecule has 5 heteroatoms. The maximum atomic E-state index is 12.4. The van der Waals surface area contributed by atoms with Gasteiger partial charge in [-0.05, 0) is 39.3 Å². The van der Waals surface area contributed by atoms with Crippen molar-refractivity contribution in [1.82, 2.24) is 15.5 Å². The average molecular weight is 295 g/mol. The summed E-state index contributed by atoms with van der Waals surface area (Å²) in [5.74, 6) is 0.127. The zero-order chi connectivity index (χ0) is 14.7. The summed E-state index contributed by atoms with van der Waals surface area (Å²) in [4.78, 5) is 17.2. The van der Waals surface area contributed by atoms with Crippen molar-refractivity contribution in [1.29, 1.82) is 0 Å². The molecular formula is C15H25N3OS. The molecule has 0 saturated carbocycles. The Kier molecular flexibility index (Phi) is 5.18. The van der Waals surface area contributed by atoms with Crippen molar-refractivity contribution in [3.8, 4) is 0 Å². The maximum absolute atomic E-state index is 12.4. The molecule has 0 aromatic carbocycles. The average Bonchev–Trinajstić information content (AvgIpc) is 2.78. The Morgan fingerprint density at radius 1 is 1.35 bits per heavy atom. The first-order valence-corrected chi connectivity index (χ1v) is 8.12. The molecule has 112 valence electrons. The lowest BCUT2D eigenvalue weighted by Crippen LogP contribution is -2.52. The van der Waals surface area contributed by atoms with E-state index in [9.17, 15) is 4.79 Å². The fourth-order valence-electron chi connectivity index (χ4n) is 2.73. The van der Waals surface area contributed by atoms with E-state index in [0.717, 1.165) is 26.2 Å². The number of carbonyl (C=O) groups excluding carboxylic acids is 1. The number of rotatable bonds is 4. The van der Waals surface area contributed by atoms with Crippen LogP contribution in [-0.2, 0) is 4.79 Å². The van der Waals surface area contributed by atoms with Crippen LogP contribution in [0.15, 0.2) is 6.07 Å². The van der Waals surface area contributed by atoms with Crippen LogP contribution in [-0.4, -0.2) is 43.0 Å². The minimum absolute atomic E-state index is 0.0559. The molecule has 0 aliphatic carbocycles. The lowest BCUT2D eigenvalue weighted by Gasteiger charge is -2.32. The van der Waals surface area contributed by atoms with E-state index < -0.39 is 0 Å². The Morgan fingerprint density at radius 2 is 2.00 bits per heavy atom. The number of aryl methyl sites for hydroxylation is 2. The molecular weight excluding hydrogens is 270 g/mol. The van der Waals surface area contributed by atoms with Gasteiger partial charge in [0.25, 0.3) is 0 Å². The topological polar surface area (TPSA) is 44.4 Å². The van der Waals surface area contributed by atoms with Gasteiger partial charge >= 0.3 is 0 Å². The quantitative estimate of drug-likeness (QED) is 0.891. The molecule has 2 rings (SSSR count). The van der Waals surface area contributed by atoms with Gasteiger partial charge < -0.3 is 10.6 Å². The van der Waals surface area contributed by atoms with Gasteiger partial charge in [0.15, 0.2) is 0 Å². The van der Waals surface area contributed by atoms with E-state index in [4.69, 9.17) is 0 Å². The smallest absolute Gasteiger partial charge is 0.237 e. The molecule has 1 amide bonds. The molecule has 2 heterocycles. The minimum atomic E-state index is -0.0559. The van der Waals surface area contributed by atoms with Crippen LogP contribution in [0.4, 0.5) is 0 Å². The van der Waals surface area contributed by atoms with E-state index in [1.165, 1.54) is 15.3 Å². The van der Waals surface area contributed by atoms with Gasteiger partial charge in [-0.1, -0.05) is 0 Å². The van der Waals surface area contributed by atoms with Crippen molar-refractivity contribution in [3.63, 3.8) is 0 Å². The van der Waals surface area contributed by atoms with Crippen molar-refractivity contribution in [3.05, 3.63) is 21.4 Å². The molecule has 1 fully saturated rings. The van der Waals surface area contributed by atoms with Gasteiger partial charge in [-0.3, -0.25) is 9.69 Å². The van der Waals surface area contributed by atoms with Crippen LogP contribution in [0, 0.1) is 13.8 Å². The second-order valence-electron chi connectivity index (χ2n) is 5.56. The highest BCUT2D eigenvalue weighted by Crippen LogP contribution is 2.26. The lowest BCUT2D eigenvalue weighted by molar-refractivity contribution is -0.126. The van der Waals surface area contributed by atoms with Crippen LogP contribution in [0.1, 0.15) is 35.2 Å². The summed E-state index contributed by atoms with van der Waals surface area (Å²) in [6.07, 6.45) is 0. The first-order chi connectivity index (χ1) is 9.49. The van der Waals surface area contributed by atoms with Gasteiger partial charge in [0.05, 0.1) is 12.1 Å². The zero-order valence-electron chi connectivity index (χ0n) is 12.8. The maximum Gasteiger partial charge on any atom is 0.237 e. The second-order valence-corrected chi connectivity index (χ2v) is 7.02. The summed E-state index contributed by atoms with van der Waals surface area (Å²) in [5, 5.41) is 6.47. The molecule has 1 aliphatic rings. The summed E-state index contributed by atoms with van der Waals surface area (Å²) < 4.78 is 0. The molecule has 4 nitrogen and oxygen atoms in total. The Morgan fingerprint density at radius 3 is 2.55 bits per heavy atom. The van der Waals surface area contributed by atoms with Crippen LogP contribution in [0.25, 0.3) is 0 Å². The van der Waals surface area contributed by atoms with Crippen LogP contribution in [0.5, 0.6) is 0 Å². The highest BCUT2D eigenvalue weighted by atomic mass is 32.1. The van der Waals surface area contributed by atoms with Crippen LogP contribution in [0.3, 0.4) is 0 Å². The molecule has 0 radical (unpaired) electrons. The predicted octanol–water partition coefficient (Wildman–Crippen LogP) is 1.84. The standard InChI is InChI=1S/C15H25N3OS/c1-10-9-14(13(4)20-10)11(2)17-15(19)12(3)18-7-5-16-6-8-18/h9,11-12,16H,5-8H2,1-4H3,(H,17,19). The molecule has 2 atom stereocenters. The third-order valence-electron chi connectivity index (χ3n) is 3.98. The summed E-state index contributed by atoms with van der Waals surface area (Å²) in [6, 6.07) is 2.21. The van der Waals surface area contributed by atoms with Crippen LogP contribution >= 0.6 is 11.3 Å². The van der Waals surface area contributed by atoms with E-state index in [0.29, 0.717) is 0 Å². The number of thiophene rings is 1. The van der Waals surface area contributed by atoms with Gasteiger partial charge in [-0.15, -0.1) is 11.3 Å². The zero-order valence-corrected chi connectivity index (χ0v) is 13.6. The highest BCUT2D eigenvalue weighted by molar-refractivity contribution is 7.12. The summed E-state index contributed by atoms with van der Waals surface area (Å²) in [5.41, 5.74) is 1.24. The summed E-state index contributed by atoms with van der Waals surface area (Å²) >= 11 is 1.79. The number of nitrogens with zero attached hydrogens (tertiary/aromatic N) is 1. The van der Waals surface area contributed by atoms with Gasteiger partial charge in [0.2, 0.25) is 5.91 Å². The van der Waals surface area contributed by atoms with Crippen molar-refractivity contribution in [2.45, 2.75) is 39.8 Å². The molecule has 1 aromatic heterocycles. The van der Waals surface area contributed by atoms with Crippen molar-refractivity contribution in [2.75, 3.05) is 26.2 Å². The highest BCUT2D eigenvalue weighted by Gasteiger charge is 2.24. The third-order valence-corrected chi connectivity index (χ3v) is 4.97. The fraction of sp³-hybridized carbons (Fsp3) is 0.667. The molecule has 2 unspecified atom stereocenters. The normalized spacial score (nSPS) is 19.6. The van der Waals surface area contributed by atoms with Gasteiger partial charge in [-0.25, -0.2) is 0 Å². The number of hydrogen-bond acceptors (Lipinski definition) is 4. The Hall–Kier alpha value is -0.910. The second kappa shape index (κ2) is 6.70. The Labute approximate surface area is 125 Å². The monoisotopic (exact) mass is 295 g/mol. The first-order valence-electron chi connectivity index (χ1n) is 7.31. The molecule has 20 heavy (non-hydrogen) atoms. The van der Waals surface area contributed by atoms with Crippen molar-refractivity contribution < 1.29 is 4.79 Å².